The van der Waals surface area contributed by atoms with Crippen LogP contribution < -0.4 is 0 Å². The minimum atomic E-state index is -0.223. The van der Waals surface area contributed by atoms with Gasteiger partial charge in [-0.2, -0.15) is 0 Å². The molecule has 0 atom stereocenters. The molecule has 0 heterocycles. The molecule has 0 aromatic heterocycles. The Hall–Kier alpha value is -0.730. The van der Waals surface area contributed by atoms with Crippen LogP contribution in [0.5, 0.6) is 0 Å². The molecule has 1 rings (SSSR count). The SMILES string of the molecule is COC(=O)N(C)C1(C)CCCC1. The summed E-state index contributed by atoms with van der Waals surface area (Å²) >= 11 is 0. The third-order valence-corrected chi connectivity index (χ3v) is 2.94. The van der Waals surface area contributed by atoms with Gasteiger partial charge in [-0.3, -0.25) is 0 Å². The molecule has 1 amide bonds. The van der Waals surface area contributed by atoms with Gasteiger partial charge in [0.2, 0.25) is 0 Å². The number of hydrogen-bond acceptors (Lipinski definition) is 2. The van der Waals surface area contributed by atoms with E-state index in [1.54, 1.807) is 4.90 Å². The first-order chi connectivity index (χ1) is 5.60. The van der Waals surface area contributed by atoms with Crippen molar-refractivity contribution in [2.45, 2.75) is 38.1 Å². The molecule has 0 aromatic carbocycles. The van der Waals surface area contributed by atoms with Crippen LogP contribution in [0.2, 0.25) is 0 Å². The maximum Gasteiger partial charge on any atom is 0.409 e. The Bertz CT molecular complexity index is 173. The quantitative estimate of drug-likeness (QED) is 0.604. The maximum atomic E-state index is 11.2. The van der Waals surface area contributed by atoms with Crippen LogP contribution in [-0.2, 0) is 4.74 Å². The van der Waals surface area contributed by atoms with Gasteiger partial charge in [-0.15, -0.1) is 0 Å². The van der Waals surface area contributed by atoms with Gasteiger partial charge in [-0.1, -0.05) is 12.8 Å². The number of carbonyl (C=O) groups is 1. The van der Waals surface area contributed by atoms with Crippen LogP contribution in [0.15, 0.2) is 0 Å². The van der Waals surface area contributed by atoms with Crippen molar-refractivity contribution in [2.24, 2.45) is 0 Å². The summed E-state index contributed by atoms with van der Waals surface area (Å²) in [6, 6.07) is 0. The summed E-state index contributed by atoms with van der Waals surface area (Å²) in [5.41, 5.74) is 0.0348. The van der Waals surface area contributed by atoms with Crippen molar-refractivity contribution >= 4 is 6.09 Å². The Kier molecular flexibility index (Phi) is 2.60. The summed E-state index contributed by atoms with van der Waals surface area (Å²) in [5.74, 6) is 0. The zero-order chi connectivity index (χ0) is 9.19. The largest absolute Gasteiger partial charge is 0.453 e. The molecule has 3 heteroatoms. The molecule has 3 nitrogen and oxygen atoms in total. The molecule has 0 N–H and O–H groups in total. The lowest BCUT2D eigenvalue weighted by Gasteiger charge is -2.34. The molecule has 0 saturated heterocycles. The molecule has 1 fully saturated rings. The normalized spacial score (nSPS) is 20.6. The zero-order valence-corrected chi connectivity index (χ0v) is 8.09. The fourth-order valence-corrected chi connectivity index (χ4v) is 1.83. The Balaban J connectivity index is 2.61. The van der Waals surface area contributed by atoms with E-state index in [9.17, 15) is 4.79 Å². The number of nitrogens with zero attached hydrogens (tertiary/aromatic N) is 1. The maximum absolute atomic E-state index is 11.2. The highest BCUT2D eigenvalue weighted by Gasteiger charge is 2.35. The van der Waals surface area contributed by atoms with Crippen LogP contribution in [0.3, 0.4) is 0 Å². The molecule has 0 unspecified atom stereocenters. The molecule has 0 aliphatic heterocycles. The smallest absolute Gasteiger partial charge is 0.409 e. The Morgan fingerprint density at radius 2 is 1.92 bits per heavy atom. The van der Waals surface area contributed by atoms with E-state index in [2.05, 4.69) is 11.7 Å². The second-order valence-corrected chi connectivity index (χ2v) is 3.73. The van der Waals surface area contributed by atoms with Gasteiger partial charge >= 0.3 is 6.09 Å². The second-order valence-electron chi connectivity index (χ2n) is 3.73. The Labute approximate surface area is 73.7 Å². The lowest BCUT2D eigenvalue weighted by Crippen LogP contribution is -2.45. The molecule has 0 aromatic rings. The van der Waals surface area contributed by atoms with Crippen LogP contribution >= 0.6 is 0 Å². The van der Waals surface area contributed by atoms with E-state index in [0.29, 0.717) is 0 Å². The van der Waals surface area contributed by atoms with Crippen molar-refractivity contribution < 1.29 is 9.53 Å². The van der Waals surface area contributed by atoms with Crippen LogP contribution in [-0.4, -0.2) is 30.7 Å². The number of hydrogen-bond donors (Lipinski definition) is 0. The van der Waals surface area contributed by atoms with E-state index >= 15 is 0 Å². The highest BCUT2D eigenvalue weighted by molar-refractivity contribution is 5.68. The van der Waals surface area contributed by atoms with Gasteiger partial charge in [0, 0.05) is 12.6 Å². The third kappa shape index (κ3) is 1.54. The minimum Gasteiger partial charge on any atom is -0.453 e. The van der Waals surface area contributed by atoms with Gasteiger partial charge in [-0.05, 0) is 19.8 Å². The average molecular weight is 171 g/mol. The number of carbonyl (C=O) groups excluding carboxylic acids is 1. The molecule has 1 aliphatic carbocycles. The van der Waals surface area contributed by atoms with Gasteiger partial charge < -0.3 is 9.64 Å². The third-order valence-electron chi connectivity index (χ3n) is 2.94. The van der Waals surface area contributed by atoms with Crippen LogP contribution in [0.4, 0.5) is 4.79 Å². The number of methoxy groups -OCH3 is 1. The summed E-state index contributed by atoms with van der Waals surface area (Å²) in [6.07, 6.45) is 4.41. The molecule has 12 heavy (non-hydrogen) atoms. The molecule has 1 aliphatic rings. The molecule has 1 saturated carbocycles. The molecular weight excluding hydrogens is 154 g/mol. The predicted octanol–water partition coefficient (Wildman–Crippen LogP) is 2.02. The second kappa shape index (κ2) is 3.33. The lowest BCUT2D eigenvalue weighted by molar-refractivity contribution is 0.0880. The van der Waals surface area contributed by atoms with Gasteiger partial charge in [0.25, 0.3) is 0 Å². The molecule has 0 radical (unpaired) electrons. The monoisotopic (exact) mass is 171 g/mol. The van der Waals surface area contributed by atoms with E-state index in [0.717, 1.165) is 12.8 Å². The Morgan fingerprint density at radius 1 is 1.42 bits per heavy atom. The molecule has 0 spiro atoms. The van der Waals surface area contributed by atoms with Crippen LogP contribution in [0.25, 0.3) is 0 Å². The van der Waals surface area contributed by atoms with Crippen molar-refractivity contribution in [1.82, 2.24) is 4.90 Å². The standard InChI is InChI=1S/C9H17NO2/c1-9(6-4-5-7-9)10(2)8(11)12-3/h4-7H2,1-3H3. The summed E-state index contributed by atoms with van der Waals surface area (Å²) in [6.45, 7) is 2.12. The zero-order valence-electron chi connectivity index (χ0n) is 8.09. The highest BCUT2D eigenvalue weighted by atomic mass is 16.5. The van der Waals surface area contributed by atoms with Crippen molar-refractivity contribution in [3.8, 4) is 0 Å². The fourth-order valence-electron chi connectivity index (χ4n) is 1.83. The highest BCUT2D eigenvalue weighted by Crippen LogP contribution is 2.33. The summed E-state index contributed by atoms with van der Waals surface area (Å²) in [4.78, 5) is 12.9. The van der Waals surface area contributed by atoms with E-state index < -0.39 is 0 Å². The van der Waals surface area contributed by atoms with E-state index in [4.69, 9.17) is 0 Å². The Morgan fingerprint density at radius 3 is 2.33 bits per heavy atom. The average Bonchev–Trinajstić information content (AvgIpc) is 2.50. The first-order valence-electron chi connectivity index (χ1n) is 4.42. The summed E-state index contributed by atoms with van der Waals surface area (Å²) in [7, 11) is 3.24. The van der Waals surface area contributed by atoms with Gasteiger partial charge in [0.05, 0.1) is 7.11 Å². The lowest BCUT2D eigenvalue weighted by atomic mass is 9.99. The van der Waals surface area contributed by atoms with Crippen molar-refractivity contribution in [3.63, 3.8) is 0 Å². The minimum absolute atomic E-state index is 0.0348. The summed E-state index contributed by atoms with van der Waals surface area (Å²) < 4.78 is 4.68. The first-order valence-corrected chi connectivity index (χ1v) is 4.42. The first kappa shape index (κ1) is 9.36. The fraction of sp³-hybridized carbons (Fsp3) is 0.889. The number of amides is 1. The van der Waals surface area contributed by atoms with Gasteiger partial charge in [0.1, 0.15) is 0 Å². The summed E-state index contributed by atoms with van der Waals surface area (Å²) in [5, 5.41) is 0. The van der Waals surface area contributed by atoms with E-state index in [1.165, 1.54) is 20.0 Å². The van der Waals surface area contributed by atoms with Crippen molar-refractivity contribution in [3.05, 3.63) is 0 Å². The van der Waals surface area contributed by atoms with E-state index in [1.807, 2.05) is 7.05 Å². The molecule has 70 valence electrons. The van der Waals surface area contributed by atoms with Crippen LogP contribution in [0.1, 0.15) is 32.6 Å². The van der Waals surface area contributed by atoms with Gasteiger partial charge in [-0.25, -0.2) is 4.79 Å². The number of ether oxygens (including phenoxy) is 1. The topological polar surface area (TPSA) is 29.5 Å². The number of rotatable bonds is 1. The van der Waals surface area contributed by atoms with Crippen LogP contribution in [0, 0.1) is 0 Å². The van der Waals surface area contributed by atoms with E-state index in [-0.39, 0.29) is 11.6 Å². The predicted molar refractivity (Wildman–Crippen MR) is 47.0 cm³/mol. The molecule has 0 bridgehead atoms. The van der Waals surface area contributed by atoms with Crippen molar-refractivity contribution in [1.29, 1.82) is 0 Å². The van der Waals surface area contributed by atoms with Crippen molar-refractivity contribution in [2.75, 3.05) is 14.2 Å². The molecular formula is C9H17NO2. The van der Waals surface area contributed by atoms with Gasteiger partial charge in [0.15, 0.2) is 0 Å².